The van der Waals surface area contributed by atoms with Gasteiger partial charge in [0.15, 0.2) is 0 Å². The van der Waals surface area contributed by atoms with Crippen LogP contribution in [0, 0.1) is 0 Å². The largest absolute Gasteiger partial charge is 0.463 e. The zero-order valence-corrected chi connectivity index (χ0v) is 10.9. The predicted octanol–water partition coefficient (Wildman–Crippen LogP) is 2.58. The van der Waals surface area contributed by atoms with Gasteiger partial charge in [0.2, 0.25) is 0 Å². The molecule has 0 aliphatic rings. The number of hydrogen-bond donors (Lipinski definition) is 1. The van der Waals surface area contributed by atoms with Crippen LogP contribution in [0.1, 0.15) is 31.4 Å². The van der Waals surface area contributed by atoms with Gasteiger partial charge in [-0.1, -0.05) is 24.3 Å². The Morgan fingerprint density at radius 1 is 1.44 bits per heavy atom. The fraction of sp³-hybridized carbons (Fsp3) is 0.400. The first-order valence-corrected chi connectivity index (χ1v) is 6.24. The van der Waals surface area contributed by atoms with Crippen molar-refractivity contribution in [2.45, 2.75) is 32.8 Å². The van der Waals surface area contributed by atoms with Gasteiger partial charge in [-0.05, 0) is 43.9 Å². The molecular weight excluding hydrogens is 228 g/mol. The van der Waals surface area contributed by atoms with Crippen molar-refractivity contribution in [3.63, 3.8) is 0 Å². The normalized spacial score (nSPS) is 12.6. The molecule has 0 spiro atoms. The standard InChI is InChI=1S/C15H20O3/c1-3-18-15(17)11-10-14-7-5-4-6-13(14)9-8-12(2)16/h4-7,10-12,16H,3,8-9H2,1-2H3/b11-10+. The van der Waals surface area contributed by atoms with Crippen molar-refractivity contribution in [3.8, 4) is 0 Å². The van der Waals surface area contributed by atoms with Crippen LogP contribution < -0.4 is 0 Å². The summed E-state index contributed by atoms with van der Waals surface area (Å²) in [7, 11) is 0. The third kappa shape index (κ3) is 5.15. The average Bonchev–Trinajstić information content (AvgIpc) is 2.35. The average molecular weight is 248 g/mol. The summed E-state index contributed by atoms with van der Waals surface area (Å²) >= 11 is 0. The van der Waals surface area contributed by atoms with Crippen molar-refractivity contribution in [2.24, 2.45) is 0 Å². The van der Waals surface area contributed by atoms with Crippen molar-refractivity contribution >= 4 is 12.0 Å². The smallest absolute Gasteiger partial charge is 0.330 e. The minimum Gasteiger partial charge on any atom is -0.463 e. The maximum absolute atomic E-state index is 11.2. The van der Waals surface area contributed by atoms with Gasteiger partial charge in [-0.2, -0.15) is 0 Å². The first-order valence-electron chi connectivity index (χ1n) is 6.24. The number of aliphatic hydroxyl groups excluding tert-OH is 1. The van der Waals surface area contributed by atoms with E-state index in [1.54, 1.807) is 19.9 Å². The number of hydrogen-bond acceptors (Lipinski definition) is 3. The van der Waals surface area contributed by atoms with E-state index < -0.39 is 0 Å². The van der Waals surface area contributed by atoms with Crippen LogP contribution in [0.4, 0.5) is 0 Å². The van der Waals surface area contributed by atoms with Crippen LogP contribution in [-0.4, -0.2) is 23.8 Å². The molecule has 1 unspecified atom stereocenters. The minimum absolute atomic E-state index is 0.313. The van der Waals surface area contributed by atoms with E-state index in [4.69, 9.17) is 4.74 Å². The van der Waals surface area contributed by atoms with Crippen molar-refractivity contribution in [2.75, 3.05) is 6.61 Å². The summed E-state index contributed by atoms with van der Waals surface area (Å²) in [6.45, 7) is 3.94. The second kappa shape index (κ2) is 7.67. The topological polar surface area (TPSA) is 46.5 Å². The molecule has 0 aliphatic heterocycles. The fourth-order valence-electron chi connectivity index (χ4n) is 1.64. The van der Waals surface area contributed by atoms with Crippen molar-refractivity contribution in [1.82, 2.24) is 0 Å². The Bertz CT molecular complexity index is 408. The molecule has 3 heteroatoms. The third-order valence-electron chi connectivity index (χ3n) is 2.57. The van der Waals surface area contributed by atoms with Crippen molar-refractivity contribution in [3.05, 3.63) is 41.5 Å². The molecule has 0 bridgehead atoms. The second-order valence-corrected chi connectivity index (χ2v) is 4.17. The summed E-state index contributed by atoms with van der Waals surface area (Å²) < 4.78 is 4.84. The Hall–Kier alpha value is -1.61. The van der Waals surface area contributed by atoms with Gasteiger partial charge in [0.05, 0.1) is 12.7 Å². The Kier molecular flexibility index (Phi) is 6.15. The Labute approximate surface area is 108 Å². The fourth-order valence-corrected chi connectivity index (χ4v) is 1.64. The zero-order chi connectivity index (χ0) is 13.4. The van der Waals surface area contributed by atoms with Crippen LogP contribution in [-0.2, 0) is 16.0 Å². The maximum atomic E-state index is 11.2. The lowest BCUT2D eigenvalue weighted by atomic mass is 10.0. The number of carbonyl (C=O) groups excluding carboxylic acids is 1. The van der Waals surface area contributed by atoms with Crippen molar-refractivity contribution < 1.29 is 14.6 Å². The Morgan fingerprint density at radius 2 is 2.17 bits per heavy atom. The predicted molar refractivity (Wildman–Crippen MR) is 72.1 cm³/mol. The van der Waals surface area contributed by atoms with Crippen LogP contribution in [0.2, 0.25) is 0 Å². The molecule has 0 saturated carbocycles. The van der Waals surface area contributed by atoms with Crippen LogP contribution in [0.15, 0.2) is 30.3 Å². The Morgan fingerprint density at radius 3 is 2.83 bits per heavy atom. The van der Waals surface area contributed by atoms with E-state index in [2.05, 4.69) is 0 Å². The molecule has 0 heterocycles. The number of carbonyl (C=O) groups is 1. The summed E-state index contributed by atoms with van der Waals surface area (Å²) in [4.78, 5) is 11.2. The van der Waals surface area contributed by atoms with Crippen LogP contribution in [0.25, 0.3) is 6.08 Å². The van der Waals surface area contributed by atoms with E-state index >= 15 is 0 Å². The molecular formula is C15H20O3. The molecule has 1 aromatic rings. The molecule has 0 aliphatic carbocycles. The SMILES string of the molecule is CCOC(=O)/C=C/c1ccccc1CCC(C)O. The zero-order valence-electron chi connectivity index (χ0n) is 10.9. The van der Waals surface area contributed by atoms with Crippen LogP contribution >= 0.6 is 0 Å². The van der Waals surface area contributed by atoms with E-state index in [0.29, 0.717) is 13.0 Å². The highest BCUT2D eigenvalue weighted by molar-refractivity contribution is 5.87. The molecule has 0 radical (unpaired) electrons. The van der Waals surface area contributed by atoms with Gasteiger partial charge in [0, 0.05) is 6.08 Å². The molecule has 98 valence electrons. The Balaban J connectivity index is 2.72. The van der Waals surface area contributed by atoms with Gasteiger partial charge in [0.1, 0.15) is 0 Å². The van der Waals surface area contributed by atoms with E-state index in [-0.39, 0.29) is 12.1 Å². The van der Waals surface area contributed by atoms with Gasteiger partial charge in [-0.25, -0.2) is 4.79 Å². The third-order valence-corrected chi connectivity index (χ3v) is 2.57. The molecule has 1 rings (SSSR count). The lowest BCUT2D eigenvalue weighted by molar-refractivity contribution is -0.137. The van der Waals surface area contributed by atoms with Gasteiger partial charge >= 0.3 is 5.97 Å². The summed E-state index contributed by atoms with van der Waals surface area (Å²) in [5.74, 6) is -0.331. The lowest BCUT2D eigenvalue weighted by Crippen LogP contribution is -2.02. The quantitative estimate of drug-likeness (QED) is 0.621. The molecule has 0 fully saturated rings. The molecule has 3 nitrogen and oxygen atoms in total. The lowest BCUT2D eigenvalue weighted by Gasteiger charge is -2.07. The summed E-state index contributed by atoms with van der Waals surface area (Å²) in [5.41, 5.74) is 2.12. The van der Waals surface area contributed by atoms with Gasteiger partial charge < -0.3 is 9.84 Å². The molecule has 0 amide bonds. The number of benzene rings is 1. The number of ether oxygens (including phenoxy) is 1. The molecule has 1 atom stereocenters. The highest BCUT2D eigenvalue weighted by Gasteiger charge is 2.02. The van der Waals surface area contributed by atoms with Gasteiger partial charge in [0.25, 0.3) is 0 Å². The molecule has 1 aromatic carbocycles. The number of aryl methyl sites for hydroxylation is 1. The maximum Gasteiger partial charge on any atom is 0.330 e. The summed E-state index contributed by atoms with van der Waals surface area (Å²) in [6, 6.07) is 7.84. The second-order valence-electron chi connectivity index (χ2n) is 4.17. The van der Waals surface area contributed by atoms with Crippen LogP contribution in [0.3, 0.4) is 0 Å². The van der Waals surface area contributed by atoms with Gasteiger partial charge in [-0.3, -0.25) is 0 Å². The van der Waals surface area contributed by atoms with Crippen LogP contribution in [0.5, 0.6) is 0 Å². The highest BCUT2D eigenvalue weighted by Crippen LogP contribution is 2.14. The van der Waals surface area contributed by atoms with Crippen molar-refractivity contribution in [1.29, 1.82) is 0 Å². The number of aliphatic hydroxyl groups is 1. The number of rotatable bonds is 6. The first kappa shape index (κ1) is 14.5. The highest BCUT2D eigenvalue weighted by atomic mass is 16.5. The summed E-state index contributed by atoms with van der Waals surface area (Å²) in [6.07, 6.45) is 4.39. The monoisotopic (exact) mass is 248 g/mol. The van der Waals surface area contributed by atoms with E-state index in [1.807, 2.05) is 24.3 Å². The summed E-state index contributed by atoms with van der Waals surface area (Å²) in [5, 5.41) is 9.30. The van der Waals surface area contributed by atoms with E-state index in [0.717, 1.165) is 17.5 Å². The minimum atomic E-state index is -0.331. The molecule has 0 aromatic heterocycles. The number of esters is 1. The van der Waals surface area contributed by atoms with E-state index in [1.165, 1.54) is 6.08 Å². The van der Waals surface area contributed by atoms with Gasteiger partial charge in [-0.15, -0.1) is 0 Å². The molecule has 1 N–H and O–H groups in total. The van der Waals surface area contributed by atoms with E-state index in [9.17, 15) is 9.90 Å². The molecule has 0 saturated heterocycles. The molecule has 18 heavy (non-hydrogen) atoms. The first-order chi connectivity index (χ1) is 8.63.